The topological polar surface area (TPSA) is 531 Å². The van der Waals surface area contributed by atoms with E-state index in [9.17, 15) is 86.3 Å². The smallest absolute Gasteiger partial charge is 0.329 e. The second-order valence-corrected chi connectivity index (χ2v) is 48.0. The molecule has 3 saturated heterocycles. The highest BCUT2D eigenvalue weighted by atomic mass is 16.6. The van der Waals surface area contributed by atoms with Crippen molar-refractivity contribution in [2.75, 3.05) is 26.2 Å². The third-order valence-corrected chi connectivity index (χ3v) is 30.4. The zero-order chi connectivity index (χ0) is 99.5. The Hall–Kier alpha value is -9.54. The number of Topliss-reactive ketones (excluding diaryl/α,β-unsaturated/α-hetero) is 3. The van der Waals surface area contributed by atoms with Crippen LogP contribution in [0.25, 0.3) is 0 Å². The monoisotopic (exact) mass is 1870 g/mol. The first kappa shape index (κ1) is 106. The van der Waals surface area contributed by atoms with Gasteiger partial charge in [0.05, 0.1) is 24.7 Å². The highest BCUT2D eigenvalue weighted by molar-refractivity contribution is 6.39. The zero-order valence-electron chi connectivity index (χ0n) is 83.0. The highest BCUT2D eigenvalue weighted by Gasteiger charge is 2.73. The van der Waals surface area contributed by atoms with Gasteiger partial charge in [0, 0.05) is 19.6 Å². The van der Waals surface area contributed by atoms with Crippen LogP contribution >= 0.6 is 0 Å². The Kier molecular flexibility index (Phi) is 31.8. The number of nitrogens with zero attached hydrogens (tertiary/aromatic N) is 3. The number of hydrogen-bond donors (Lipinski definition) is 12. The fourth-order valence-electron chi connectivity index (χ4n) is 20.2. The molecule has 0 aromatic rings. The molecule has 0 radical (unpaired) electrons. The third kappa shape index (κ3) is 25.6. The number of esters is 3. The summed E-state index contributed by atoms with van der Waals surface area (Å²) in [5, 5.41) is 24.9. The second-order valence-electron chi connectivity index (χ2n) is 48.0. The maximum absolute atomic E-state index is 14.3. The normalized spacial score (nSPS) is 26.2. The predicted octanol–water partition coefficient (Wildman–Crippen LogP) is 6.20. The summed E-state index contributed by atoms with van der Waals surface area (Å²) in [5.74, 6) is -9.21. The number of nitrogens with one attached hydrogen (secondary N) is 9. The fraction of sp³-hybridized carbons (Fsp3) is 0.814. The van der Waals surface area contributed by atoms with Crippen LogP contribution in [0.4, 0.5) is 14.4 Å². The van der Waals surface area contributed by atoms with Crippen LogP contribution in [-0.2, 0) is 86.1 Å². The molecule has 15 amide bonds. The minimum absolute atomic E-state index is 0.0638. The number of ether oxygens (including phenoxy) is 3. The molecule has 12 rings (SSSR count). The Morgan fingerprint density at radius 2 is 0.639 bits per heavy atom. The van der Waals surface area contributed by atoms with Crippen molar-refractivity contribution in [3.05, 3.63) is 0 Å². The average molecular weight is 1870 g/mol. The average Bonchev–Trinajstić information content (AvgIpc) is 1.53. The summed E-state index contributed by atoms with van der Waals surface area (Å²) in [6.07, 6.45) is 13.8. The first-order valence-corrected chi connectivity index (χ1v) is 48.4. The van der Waals surface area contributed by atoms with Gasteiger partial charge in [0.1, 0.15) is 66.6 Å². The van der Waals surface area contributed by atoms with Gasteiger partial charge in [-0.1, -0.05) is 204 Å². The lowest BCUT2D eigenvalue weighted by molar-refractivity contribution is -0.158. The molecule has 3 aliphatic heterocycles. The molecule has 36 heteroatoms. The summed E-state index contributed by atoms with van der Waals surface area (Å²) >= 11 is 0. The van der Waals surface area contributed by atoms with E-state index in [4.69, 9.17) is 31.4 Å². The standard InChI is InChI=1S/2C33H53N5O7.C31H49N5O7/c1-16(18-12-13-18)45-29(43)25(32(5,6)7)37-30(44)36-24(31(2,3)4)28(42)38-15-19-21(33(19,8)9)22(38)27(41)35-20(14-17-10-11-17)23(39)26(34)40;1-31(2,3)24(36-30(44)37-25(32(4,5)6)29(43)45-18-13-10-14-18)28(42)38-16-19-21(33(19,7)8)22(38)27(41)35-20(23(39)26(34)40)15-17-11-9-12-17;1-15(2)21(28(41)43-14-17-10-11-17)34-29(42)35-24(30(3,4)5)27(40)36-13-18-20(31(18,6)7)22(36)26(39)33-19(12-16-8-9-16)23(37)25(32)38/h16-22,24-25H,10-15H2,1-9H3,(H2,34,40)(H,35,41)(H2,36,37,44);17-22,24-25H,9-16H2,1-8H3,(H2,34,40)(H,35,41)(H2,36,37,44);15-22,24H,8-14H2,1-7H3,(H2,32,38)(H,33,39)(H2,34,35,42)/t16?,19-,20?,21-,22-,24+,25+;19-,20?,21-,22-,24+,25+;18-,19?,20-,21-,22-,24+/m000/s1. The molecule has 3 heterocycles. The lowest BCUT2D eigenvalue weighted by Gasteiger charge is -2.39. The van der Waals surface area contributed by atoms with Gasteiger partial charge in [-0.3, -0.25) is 57.5 Å². The number of ketones is 3. The number of rotatable bonds is 36. The first-order chi connectivity index (χ1) is 61.3. The largest absolute Gasteiger partial charge is 0.464 e. The summed E-state index contributed by atoms with van der Waals surface area (Å²) in [5.41, 5.74) is 11.7. The van der Waals surface area contributed by atoms with Crippen LogP contribution in [-0.4, -0.2) is 232 Å². The number of amides is 15. The van der Waals surface area contributed by atoms with Gasteiger partial charge in [0.25, 0.3) is 17.7 Å². The van der Waals surface area contributed by atoms with Gasteiger partial charge in [-0.2, -0.15) is 0 Å². The second kappa shape index (κ2) is 40.0. The van der Waals surface area contributed by atoms with Gasteiger partial charge in [0.2, 0.25) is 52.8 Å². The van der Waals surface area contributed by atoms with Crippen molar-refractivity contribution < 1.29 is 101 Å². The summed E-state index contributed by atoms with van der Waals surface area (Å²) in [6.45, 7) is 46.3. The van der Waals surface area contributed by atoms with Crippen LogP contribution < -0.4 is 65.1 Å². The molecule has 4 unspecified atom stereocenters. The van der Waals surface area contributed by atoms with Crippen LogP contribution in [0.1, 0.15) is 275 Å². The predicted molar refractivity (Wildman–Crippen MR) is 489 cm³/mol. The molecule has 0 aromatic heterocycles. The molecule has 0 spiro atoms. The van der Waals surface area contributed by atoms with E-state index in [-0.39, 0.29) is 87.6 Å². The highest BCUT2D eigenvalue weighted by Crippen LogP contribution is 2.67. The van der Waals surface area contributed by atoms with E-state index in [1.54, 1.807) is 13.8 Å². The van der Waals surface area contributed by atoms with Crippen LogP contribution in [0.3, 0.4) is 0 Å². The van der Waals surface area contributed by atoms with Crippen molar-refractivity contribution in [2.24, 2.45) is 132 Å². The zero-order valence-corrected chi connectivity index (χ0v) is 83.0. The van der Waals surface area contributed by atoms with Gasteiger partial charge < -0.3 is 94.0 Å². The lowest BCUT2D eigenvalue weighted by Crippen LogP contribution is -2.63. The number of fused-ring (bicyclic) bond motifs is 3. The summed E-state index contributed by atoms with van der Waals surface area (Å²) < 4.78 is 16.7. The minimum atomic E-state index is -1.10. The van der Waals surface area contributed by atoms with E-state index in [2.05, 4.69) is 47.9 Å². The molecule has 36 nitrogen and oxygen atoms in total. The van der Waals surface area contributed by atoms with Gasteiger partial charge in [-0.25, -0.2) is 28.8 Å². The molecular formula is C97H155N15O21. The number of piperidine rings is 3. The molecule has 9 saturated carbocycles. The molecule has 133 heavy (non-hydrogen) atoms. The van der Waals surface area contributed by atoms with E-state index in [1.807, 2.05) is 152 Å². The summed E-state index contributed by atoms with van der Waals surface area (Å²) in [4.78, 5) is 241. The van der Waals surface area contributed by atoms with E-state index in [0.717, 1.165) is 89.9 Å². The Bertz CT molecular complexity index is 4470. The van der Waals surface area contributed by atoms with Gasteiger partial charge in [-0.15, -0.1) is 0 Å². The van der Waals surface area contributed by atoms with E-state index in [1.165, 1.54) is 14.7 Å². The molecule has 0 aromatic carbocycles. The molecule has 19 atom stereocenters. The first-order valence-electron chi connectivity index (χ1n) is 48.4. The van der Waals surface area contributed by atoms with Crippen LogP contribution in [0.2, 0.25) is 0 Å². The molecule has 0 bridgehead atoms. The van der Waals surface area contributed by atoms with E-state index >= 15 is 0 Å². The van der Waals surface area contributed by atoms with Crippen LogP contribution in [0, 0.1) is 114 Å². The number of primary amides is 3. The molecule has 12 fully saturated rings. The number of hydrogen-bond acceptors (Lipinski definition) is 21. The quantitative estimate of drug-likeness (QED) is 0.0189. The lowest BCUT2D eigenvalue weighted by atomic mass is 9.80. The van der Waals surface area contributed by atoms with Crippen molar-refractivity contribution >= 4 is 107 Å². The molecule has 12 aliphatic rings. The molecule has 744 valence electrons. The molecular weight excluding hydrogens is 1710 g/mol. The minimum Gasteiger partial charge on any atom is -0.464 e. The van der Waals surface area contributed by atoms with Crippen molar-refractivity contribution in [3.63, 3.8) is 0 Å². The van der Waals surface area contributed by atoms with Gasteiger partial charge in [0.15, 0.2) is 0 Å². The number of carbonyl (C=O) groups is 18. The summed E-state index contributed by atoms with van der Waals surface area (Å²) in [7, 11) is 0. The Morgan fingerprint density at radius 3 is 0.895 bits per heavy atom. The third-order valence-electron chi connectivity index (χ3n) is 30.4. The maximum atomic E-state index is 14.3. The van der Waals surface area contributed by atoms with Crippen molar-refractivity contribution in [1.29, 1.82) is 0 Å². The fourth-order valence-corrected chi connectivity index (χ4v) is 20.2. The van der Waals surface area contributed by atoms with E-state index in [0.29, 0.717) is 57.3 Å². The summed E-state index contributed by atoms with van der Waals surface area (Å²) in [6, 6.07) is -13.7. The number of carbonyl (C=O) groups excluding carboxylic acids is 18. The Morgan fingerprint density at radius 1 is 0.353 bits per heavy atom. The van der Waals surface area contributed by atoms with Crippen molar-refractivity contribution in [1.82, 2.24) is 62.6 Å². The Balaban J connectivity index is 0.000000207. The van der Waals surface area contributed by atoms with Gasteiger partial charge >= 0.3 is 36.0 Å². The SMILES string of the molecule is CC(C)(C)[C@H](NC(=O)N[C@H](C(=O)N1C[C@H]2[C@@H]([C@H]1C(=O)NC(CC1CCC1)C(=O)C(N)=O)C2(C)C)C(C)(C)C)C(=O)OC1CCC1.CC(C)[C@H](NC(=O)N[C@H](C(=O)N1C[C@H]2[C@@H]([C@H]1C(=O)NC(CC1CC1)C(=O)C(N)=O)C2(C)C)C(C)(C)C)C(=O)OCC1CC1.CC(OC(=O)[C@@H](NC(=O)N[C@H](C(=O)N1C[C@H]2[C@@H]([C@H]1C(=O)NC(CC1CC1)C(=O)C(N)=O)C2(C)C)C(C)(C)C)C(C)(C)C)C1CC1. The number of nitrogens with two attached hydrogens (primary N) is 3. The van der Waals surface area contributed by atoms with Crippen LogP contribution in [0.5, 0.6) is 0 Å². The van der Waals surface area contributed by atoms with Crippen molar-refractivity contribution in [3.8, 4) is 0 Å². The molecule has 15 N–H and O–H groups in total. The maximum Gasteiger partial charge on any atom is 0.329 e. The van der Waals surface area contributed by atoms with Crippen LogP contribution in [0.15, 0.2) is 0 Å². The number of urea groups is 3. The number of likely N-dealkylation sites (tertiary alicyclic amines) is 3. The van der Waals surface area contributed by atoms with E-state index < -0.39 is 206 Å². The van der Waals surface area contributed by atoms with Crippen molar-refractivity contribution in [2.45, 2.75) is 360 Å². The molecule has 9 aliphatic carbocycles. The Labute approximate surface area is 783 Å². The van der Waals surface area contributed by atoms with Gasteiger partial charge in [-0.05, 0) is 185 Å².